The highest BCUT2D eigenvalue weighted by Gasteiger charge is 2.26. The predicted molar refractivity (Wildman–Crippen MR) is 96.2 cm³/mol. The van der Waals surface area contributed by atoms with E-state index < -0.39 is 4.92 Å². The highest BCUT2D eigenvalue weighted by atomic mass is 16.6. The molecule has 0 radical (unpaired) electrons. The number of carbonyl (C=O) groups is 1. The normalized spacial score (nSPS) is 13.4. The minimum atomic E-state index is -0.464. The number of hydrogen-bond acceptors (Lipinski definition) is 6. The number of rotatable bonds is 8. The lowest BCUT2D eigenvalue weighted by atomic mass is 9.98. The van der Waals surface area contributed by atoms with Crippen molar-refractivity contribution in [3.05, 3.63) is 40.3 Å². The molecule has 0 spiro atoms. The number of nitrogens with one attached hydrogen (secondary N) is 1. The fourth-order valence-corrected chi connectivity index (χ4v) is 2.50. The van der Waals surface area contributed by atoms with Crippen molar-refractivity contribution in [1.29, 1.82) is 0 Å². The van der Waals surface area contributed by atoms with E-state index in [1.807, 2.05) is 27.7 Å². The first kappa shape index (κ1) is 19.6. The minimum absolute atomic E-state index is 0.00380. The number of aromatic nitrogens is 2. The number of carbonyl (C=O) groups excluding carboxylic acids is 1. The fraction of sp³-hybridized carbons (Fsp3) is 0.500. The smallest absolute Gasteiger partial charge is 0.269 e. The minimum Gasteiger partial charge on any atom is -0.344 e. The Kier molecular flexibility index (Phi) is 6.43. The largest absolute Gasteiger partial charge is 0.344 e. The van der Waals surface area contributed by atoms with Crippen LogP contribution in [0, 0.1) is 22.0 Å². The van der Waals surface area contributed by atoms with Gasteiger partial charge in [-0.25, -0.2) is 0 Å². The third-order valence-electron chi connectivity index (χ3n) is 4.17. The van der Waals surface area contributed by atoms with Gasteiger partial charge in [0.05, 0.1) is 4.92 Å². The molecule has 0 bridgehead atoms. The lowest BCUT2D eigenvalue weighted by molar-refractivity contribution is -0.384. The van der Waals surface area contributed by atoms with Gasteiger partial charge in [-0.2, -0.15) is 4.98 Å². The van der Waals surface area contributed by atoms with E-state index in [2.05, 4.69) is 15.5 Å². The van der Waals surface area contributed by atoms with Crippen molar-refractivity contribution in [2.24, 2.45) is 11.8 Å². The molecule has 1 aromatic carbocycles. The molecule has 1 amide bonds. The van der Waals surface area contributed by atoms with E-state index in [1.165, 1.54) is 12.1 Å². The van der Waals surface area contributed by atoms with Crippen LogP contribution in [0.5, 0.6) is 0 Å². The molecule has 26 heavy (non-hydrogen) atoms. The number of amides is 1. The van der Waals surface area contributed by atoms with Crippen LogP contribution in [0.15, 0.2) is 28.8 Å². The summed E-state index contributed by atoms with van der Waals surface area (Å²) in [7, 11) is 0. The first-order chi connectivity index (χ1) is 12.3. The van der Waals surface area contributed by atoms with E-state index in [9.17, 15) is 14.9 Å². The van der Waals surface area contributed by atoms with E-state index in [1.54, 1.807) is 12.1 Å². The van der Waals surface area contributed by atoms with Gasteiger partial charge in [0.2, 0.25) is 17.6 Å². The maximum Gasteiger partial charge on any atom is 0.269 e. The maximum absolute atomic E-state index is 12.2. The second-order valence-electron chi connectivity index (χ2n) is 6.79. The van der Waals surface area contributed by atoms with Gasteiger partial charge in [-0.05, 0) is 24.0 Å². The van der Waals surface area contributed by atoms with Gasteiger partial charge in [-0.3, -0.25) is 14.9 Å². The number of benzene rings is 1. The first-order valence-electron chi connectivity index (χ1n) is 8.69. The summed E-state index contributed by atoms with van der Waals surface area (Å²) < 4.78 is 5.38. The van der Waals surface area contributed by atoms with Gasteiger partial charge in [0.1, 0.15) is 6.04 Å². The summed E-state index contributed by atoms with van der Waals surface area (Å²) in [5.74, 6) is 0.994. The van der Waals surface area contributed by atoms with E-state index in [0.29, 0.717) is 23.7 Å². The second-order valence-corrected chi connectivity index (χ2v) is 6.79. The van der Waals surface area contributed by atoms with Crippen LogP contribution in [0.25, 0.3) is 11.4 Å². The Morgan fingerprint density at radius 3 is 2.46 bits per heavy atom. The third-order valence-corrected chi connectivity index (χ3v) is 4.17. The standard InChI is InChI=1S/C18H24N4O4/c1-5-12(4)16(19-15(23)10-11(2)3)18-20-17(21-26-18)13-6-8-14(9-7-13)22(24)25/h6-9,11-12,16H,5,10H2,1-4H3,(H,19,23)/t12-,16-/m1/s1. The van der Waals surface area contributed by atoms with Gasteiger partial charge in [0, 0.05) is 24.1 Å². The third kappa shape index (κ3) is 4.87. The van der Waals surface area contributed by atoms with Crippen LogP contribution in [0.3, 0.4) is 0 Å². The van der Waals surface area contributed by atoms with Crippen molar-refractivity contribution in [2.45, 2.75) is 46.6 Å². The Balaban J connectivity index is 2.22. The molecule has 2 aromatic rings. The Morgan fingerprint density at radius 1 is 1.27 bits per heavy atom. The molecule has 1 heterocycles. The molecular weight excluding hydrogens is 336 g/mol. The fourth-order valence-electron chi connectivity index (χ4n) is 2.50. The maximum atomic E-state index is 12.2. The summed E-state index contributed by atoms with van der Waals surface area (Å²) in [4.78, 5) is 26.8. The summed E-state index contributed by atoms with van der Waals surface area (Å²) in [6.45, 7) is 8.00. The van der Waals surface area contributed by atoms with Gasteiger partial charge >= 0.3 is 0 Å². The summed E-state index contributed by atoms with van der Waals surface area (Å²) >= 11 is 0. The second kappa shape index (κ2) is 8.55. The zero-order chi connectivity index (χ0) is 19.3. The van der Waals surface area contributed by atoms with E-state index >= 15 is 0 Å². The lowest BCUT2D eigenvalue weighted by Gasteiger charge is -2.21. The predicted octanol–water partition coefficient (Wildman–Crippen LogP) is 3.89. The number of hydrogen-bond donors (Lipinski definition) is 1. The molecule has 2 atom stereocenters. The molecule has 0 unspecified atom stereocenters. The van der Waals surface area contributed by atoms with E-state index in [-0.39, 0.29) is 29.5 Å². The SMILES string of the molecule is CC[C@@H](C)[C@@H](NC(=O)CC(C)C)c1nc(-c2ccc([N+](=O)[O-])cc2)no1. The molecule has 0 saturated carbocycles. The van der Waals surface area contributed by atoms with Crippen molar-refractivity contribution in [1.82, 2.24) is 15.5 Å². The van der Waals surface area contributed by atoms with E-state index in [4.69, 9.17) is 4.52 Å². The Hall–Kier alpha value is -2.77. The van der Waals surface area contributed by atoms with Gasteiger partial charge in [0.15, 0.2) is 0 Å². The summed E-state index contributed by atoms with van der Waals surface area (Å²) in [5.41, 5.74) is 0.609. The van der Waals surface area contributed by atoms with Crippen LogP contribution in [-0.2, 0) is 4.79 Å². The summed E-state index contributed by atoms with van der Waals surface area (Å²) in [5, 5.41) is 17.7. The topological polar surface area (TPSA) is 111 Å². The molecule has 8 heteroatoms. The summed E-state index contributed by atoms with van der Waals surface area (Å²) in [6, 6.07) is 5.56. The van der Waals surface area contributed by atoms with Gasteiger partial charge in [-0.1, -0.05) is 39.3 Å². The Labute approximate surface area is 152 Å². The van der Waals surface area contributed by atoms with Crippen LogP contribution in [0.2, 0.25) is 0 Å². The highest BCUT2D eigenvalue weighted by molar-refractivity contribution is 5.76. The number of nitrogens with zero attached hydrogens (tertiary/aromatic N) is 3. The quantitative estimate of drug-likeness (QED) is 0.564. The zero-order valence-corrected chi connectivity index (χ0v) is 15.4. The Morgan fingerprint density at radius 2 is 1.92 bits per heavy atom. The molecule has 8 nitrogen and oxygen atoms in total. The van der Waals surface area contributed by atoms with Crippen molar-refractivity contribution in [3.8, 4) is 11.4 Å². The highest BCUT2D eigenvalue weighted by Crippen LogP contribution is 2.26. The van der Waals surface area contributed by atoms with Gasteiger partial charge in [-0.15, -0.1) is 0 Å². The molecule has 140 valence electrons. The zero-order valence-electron chi connectivity index (χ0n) is 15.4. The van der Waals surface area contributed by atoms with Crippen LogP contribution in [0.1, 0.15) is 52.5 Å². The molecule has 1 N–H and O–H groups in total. The average Bonchev–Trinajstić information content (AvgIpc) is 3.08. The van der Waals surface area contributed by atoms with Crippen molar-refractivity contribution in [3.63, 3.8) is 0 Å². The molecule has 0 aliphatic rings. The van der Waals surface area contributed by atoms with Crippen LogP contribution in [-0.4, -0.2) is 21.0 Å². The first-order valence-corrected chi connectivity index (χ1v) is 8.69. The lowest BCUT2D eigenvalue weighted by Crippen LogP contribution is -2.33. The van der Waals surface area contributed by atoms with Crippen LogP contribution >= 0.6 is 0 Å². The molecule has 2 rings (SSSR count). The molecule has 0 aliphatic carbocycles. The Bertz CT molecular complexity index is 755. The van der Waals surface area contributed by atoms with Crippen molar-refractivity contribution < 1.29 is 14.2 Å². The van der Waals surface area contributed by atoms with Crippen molar-refractivity contribution in [2.75, 3.05) is 0 Å². The molecule has 1 aromatic heterocycles. The van der Waals surface area contributed by atoms with Crippen molar-refractivity contribution >= 4 is 11.6 Å². The summed E-state index contributed by atoms with van der Waals surface area (Å²) in [6.07, 6.45) is 1.26. The van der Waals surface area contributed by atoms with Crippen LogP contribution < -0.4 is 5.32 Å². The number of nitro benzene ring substituents is 1. The molecule has 0 aliphatic heterocycles. The molecule has 0 saturated heterocycles. The van der Waals surface area contributed by atoms with Gasteiger partial charge in [0.25, 0.3) is 5.69 Å². The van der Waals surface area contributed by atoms with Gasteiger partial charge < -0.3 is 9.84 Å². The molecular formula is C18H24N4O4. The monoisotopic (exact) mass is 360 g/mol. The average molecular weight is 360 g/mol. The van der Waals surface area contributed by atoms with Crippen LogP contribution in [0.4, 0.5) is 5.69 Å². The number of non-ortho nitro benzene ring substituents is 1. The van der Waals surface area contributed by atoms with E-state index in [0.717, 1.165) is 6.42 Å². The molecule has 0 fully saturated rings. The number of nitro groups is 1.